The van der Waals surface area contributed by atoms with Crippen LogP contribution in [-0.4, -0.2) is 17.8 Å². The number of allylic oxidation sites excluding steroid dienone is 2. The highest BCUT2D eigenvalue weighted by Gasteiger charge is 2.62. The number of hydrogen-bond donors (Lipinski definition) is 3. The number of halogens is 3. The second-order valence-corrected chi connectivity index (χ2v) is 10.5. The first-order valence-electron chi connectivity index (χ1n) is 12.4. The van der Waals surface area contributed by atoms with Gasteiger partial charge in [-0.05, 0) is 72.2 Å². The molecule has 3 atom stereocenters. The van der Waals surface area contributed by atoms with Crippen molar-refractivity contribution < 1.29 is 18.7 Å². The van der Waals surface area contributed by atoms with Gasteiger partial charge < -0.3 is 21.1 Å². The van der Waals surface area contributed by atoms with Crippen LogP contribution in [0, 0.1) is 12.7 Å². The second-order valence-electron chi connectivity index (χ2n) is 9.60. The van der Waals surface area contributed by atoms with E-state index in [2.05, 4.69) is 22.2 Å². The zero-order valence-corrected chi connectivity index (χ0v) is 22.9. The Morgan fingerprint density at radius 3 is 2.65 bits per heavy atom. The fourth-order valence-electron chi connectivity index (χ4n) is 5.64. The quantitative estimate of drug-likeness (QED) is 0.194. The molecule has 2 amide bonds. The number of benzene rings is 3. The Bertz CT molecular complexity index is 1610. The molecule has 5 rings (SSSR count). The van der Waals surface area contributed by atoms with Crippen LogP contribution in [-0.2, 0) is 15.0 Å². The first kappa shape index (κ1) is 27.4. The van der Waals surface area contributed by atoms with Crippen LogP contribution >= 0.6 is 23.2 Å². The number of fused-ring (bicyclic) bond motifs is 2. The van der Waals surface area contributed by atoms with Crippen molar-refractivity contribution in [3.05, 3.63) is 118 Å². The van der Waals surface area contributed by atoms with Gasteiger partial charge in [0.15, 0.2) is 0 Å². The summed E-state index contributed by atoms with van der Waals surface area (Å²) in [7, 11) is 0. The number of nitrogens with one attached hydrogen (secondary N) is 2. The fraction of sp³-hybridized carbons (Fsp3) is 0.167. The van der Waals surface area contributed by atoms with Crippen molar-refractivity contribution in [1.82, 2.24) is 5.32 Å². The van der Waals surface area contributed by atoms with Crippen LogP contribution in [0.25, 0.3) is 0 Å². The molecule has 2 aliphatic heterocycles. The number of carbonyl (C=O) groups is 2. The number of amides is 2. The molecule has 0 saturated carbocycles. The minimum absolute atomic E-state index is 0.0928. The molecular weight excluding hydrogens is 554 g/mol. The normalized spacial score (nSPS) is 22.2. The van der Waals surface area contributed by atoms with Crippen LogP contribution in [0.5, 0.6) is 5.75 Å². The number of amidine groups is 1. The monoisotopic (exact) mass is 578 g/mol. The highest BCUT2D eigenvalue weighted by molar-refractivity contribution is 6.31. The van der Waals surface area contributed by atoms with Gasteiger partial charge in [-0.1, -0.05) is 48.0 Å². The Balaban J connectivity index is 1.78. The average Bonchev–Trinajstić information content (AvgIpc) is 3.19. The van der Waals surface area contributed by atoms with Gasteiger partial charge in [0.05, 0.1) is 6.04 Å². The van der Waals surface area contributed by atoms with Gasteiger partial charge in [-0.25, -0.2) is 9.38 Å². The van der Waals surface area contributed by atoms with Crippen molar-refractivity contribution in [1.29, 1.82) is 0 Å². The summed E-state index contributed by atoms with van der Waals surface area (Å²) in [4.78, 5) is 31.6. The van der Waals surface area contributed by atoms with E-state index in [4.69, 9.17) is 33.7 Å². The molecule has 7 nitrogen and oxygen atoms in total. The van der Waals surface area contributed by atoms with Crippen molar-refractivity contribution >= 4 is 46.7 Å². The molecule has 204 valence electrons. The van der Waals surface area contributed by atoms with Gasteiger partial charge in [-0.3, -0.25) is 9.59 Å². The van der Waals surface area contributed by atoms with Crippen LogP contribution < -0.4 is 21.1 Å². The number of aliphatic imine (C=N–C) groups is 1. The summed E-state index contributed by atoms with van der Waals surface area (Å²) >= 11 is 12.7. The molecule has 3 aromatic rings. The maximum atomic E-state index is 14.6. The Labute approximate surface area is 240 Å². The molecule has 1 fully saturated rings. The Hall–Kier alpha value is -4.14. The zero-order chi connectivity index (χ0) is 28.6. The summed E-state index contributed by atoms with van der Waals surface area (Å²) in [5, 5.41) is 6.72. The molecule has 2 heterocycles. The number of ether oxygens (including phenoxy) is 1. The fourth-order valence-corrected chi connectivity index (χ4v) is 6.00. The summed E-state index contributed by atoms with van der Waals surface area (Å²) in [6.45, 7) is 5.39. The molecule has 3 aromatic carbocycles. The van der Waals surface area contributed by atoms with Gasteiger partial charge in [0.25, 0.3) is 6.02 Å². The molecule has 1 spiro atoms. The van der Waals surface area contributed by atoms with E-state index in [9.17, 15) is 14.0 Å². The van der Waals surface area contributed by atoms with Gasteiger partial charge in [0.2, 0.25) is 11.8 Å². The van der Waals surface area contributed by atoms with E-state index in [0.717, 1.165) is 0 Å². The minimum Gasteiger partial charge on any atom is -0.426 e. The van der Waals surface area contributed by atoms with Gasteiger partial charge >= 0.3 is 0 Å². The number of nitrogens with two attached hydrogens (primary N) is 1. The Morgan fingerprint density at radius 1 is 1.12 bits per heavy atom. The average molecular weight is 579 g/mol. The predicted octanol–water partition coefficient (Wildman–Crippen LogP) is 6.07. The first-order valence-corrected chi connectivity index (χ1v) is 13.2. The standard InChI is InChI=1S/C30H25Cl2FN4O3/c1-3-4-11-35-29(34)40-25-10-7-17(31)12-21(25)23-15-26(38)37-27(20-14-19(33)8-5-16(20)2)30(23)22-9-6-18(32)13-24(22)36-28(30)39/h3-14,23,27H,1,15H2,2H3,(H2,34,35)(H,36,39)(H,37,38)/b11-4-/t23-,27+,30-/m1/s1. The van der Waals surface area contributed by atoms with E-state index in [1.54, 1.807) is 55.5 Å². The topological polar surface area (TPSA) is 106 Å². The van der Waals surface area contributed by atoms with E-state index < -0.39 is 23.2 Å². The van der Waals surface area contributed by atoms with Gasteiger partial charge in [0.1, 0.15) is 17.0 Å². The highest BCUT2D eigenvalue weighted by Crippen LogP contribution is 2.59. The van der Waals surface area contributed by atoms with Crippen molar-refractivity contribution in [3.63, 3.8) is 0 Å². The predicted molar refractivity (Wildman–Crippen MR) is 154 cm³/mol. The SMILES string of the molecule is C=C/C=C\N=C(N)Oc1ccc(Cl)cc1[C@H]1CC(=O)N[C@@H](c2cc(F)ccc2C)[C@]12C(=O)Nc1cc(Cl)ccc12. The van der Waals surface area contributed by atoms with E-state index in [0.29, 0.717) is 38.0 Å². The summed E-state index contributed by atoms with van der Waals surface area (Å²) in [5.74, 6) is -1.75. The molecule has 0 bridgehead atoms. The minimum atomic E-state index is -1.43. The van der Waals surface area contributed by atoms with Crippen LogP contribution in [0.4, 0.5) is 10.1 Å². The largest absolute Gasteiger partial charge is 0.426 e. The first-order chi connectivity index (χ1) is 19.1. The smallest absolute Gasteiger partial charge is 0.292 e. The third-order valence-electron chi connectivity index (χ3n) is 7.29. The summed E-state index contributed by atoms with van der Waals surface area (Å²) in [6.07, 6.45) is 4.44. The maximum absolute atomic E-state index is 14.6. The van der Waals surface area contributed by atoms with Crippen molar-refractivity contribution in [2.45, 2.75) is 30.7 Å². The van der Waals surface area contributed by atoms with Gasteiger partial charge in [-0.2, -0.15) is 0 Å². The number of aryl methyl sites for hydroxylation is 1. The van der Waals surface area contributed by atoms with E-state index >= 15 is 0 Å². The van der Waals surface area contributed by atoms with E-state index in [-0.39, 0.29) is 30.0 Å². The zero-order valence-electron chi connectivity index (χ0n) is 21.4. The van der Waals surface area contributed by atoms with E-state index in [1.165, 1.54) is 24.4 Å². The Kier molecular flexibility index (Phi) is 7.40. The van der Waals surface area contributed by atoms with Gasteiger partial charge in [0, 0.05) is 39.8 Å². The molecule has 0 radical (unpaired) electrons. The van der Waals surface area contributed by atoms with Crippen molar-refractivity contribution in [2.24, 2.45) is 10.7 Å². The Morgan fingerprint density at radius 2 is 1.88 bits per heavy atom. The summed E-state index contributed by atoms with van der Waals surface area (Å²) < 4.78 is 20.5. The molecule has 0 aromatic heterocycles. The lowest BCUT2D eigenvalue weighted by Crippen LogP contribution is -2.57. The van der Waals surface area contributed by atoms with Crippen molar-refractivity contribution in [3.8, 4) is 5.75 Å². The third-order valence-corrected chi connectivity index (χ3v) is 7.76. The molecular formula is C30H25Cl2FN4O3. The number of anilines is 1. The molecule has 0 aliphatic carbocycles. The van der Waals surface area contributed by atoms with Crippen LogP contribution in [0.2, 0.25) is 10.0 Å². The maximum Gasteiger partial charge on any atom is 0.292 e. The lowest BCUT2D eigenvalue weighted by Gasteiger charge is -2.47. The number of carbonyl (C=O) groups excluding carboxylic acids is 2. The van der Waals surface area contributed by atoms with Crippen LogP contribution in [0.1, 0.15) is 40.6 Å². The molecule has 2 aliphatic rings. The lowest BCUT2D eigenvalue weighted by atomic mass is 9.59. The number of hydrogen-bond acceptors (Lipinski definition) is 4. The molecule has 1 saturated heterocycles. The summed E-state index contributed by atoms with van der Waals surface area (Å²) in [6, 6.07) is 13.1. The third kappa shape index (κ3) is 4.74. The van der Waals surface area contributed by atoms with Gasteiger partial charge in [-0.15, -0.1) is 0 Å². The summed E-state index contributed by atoms with van der Waals surface area (Å²) in [5.41, 5.74) is 7.33. The van der Waals surface area contributed by atoms with Crippen molar-refractivity contribution in [2.75, 3.05) is 5.32 Å². The van der Waals surface area contributed by atoms with Crippen LogP contribution in [0.3, 0.4) is 0 Å². The lowest BCUT2D eigenvalue weighted by molar-refractivity contribution is -0.131. The molecule has 0 unspecified atom stereocenters. The highest BCUT2D eigenvalue weighted by atomic mass is 35.5. The molecule has 10 heteroatoms. The van der Waals surface area contributed by atoms with Crippen LogP contribution in [0.15, 0.2) is 84.5 Å². The molecule has 4 N–H and O–H groups in total. The molecule has 40 heavy (non-hydrogen) atoms. The van der Waals surface area contributed by atoms with E-state index in [1.807, 2.05) is 0 Å². The number of rotatable bonds is 5. The number of piperidine rings is 1. The second kappa shape index (κ2) is 10.8. The number of nitrogens with zero attached hydrogens (tertiary/aromatic N) is 1.